The van der Waals surface area contributed by atoms with E-state index in [1.54, 1.807) is 0 Å². The van der Waals surface area contributed by atoms with Crippen LogP contribution in [0.3, 0.4) is 0 Å². The Bertz CT molecular complexity index is 490. The first-order valence-corrected chi connectivity index (χ1v) is 10.6. The molecule has 0 spiro atoms. The molecule has 2 heterocycles. The van der Waals surface area contributed by atoms with Gasteiger partial charge in [0.15, 0.2) is 0 Å². The van der Waals surface area contributed by atoms with Gasteiger partial charge in [0.2, 0.25) is 5.91 Å². The Morgan fingerprint density at radius 3 is 2.68 bits per heavy atom. The fourth-order valence-electron chi connectivity index (χ4n) is 4.36. The van der Waals surface area contributed by atoms with Crippen LogP contribution >= 0.6 is 11.8 Å². The van der Waals surface area contributed by atoms with Gasteiger partial charge in [0.1, 0.15) is 5.54 Å². The van der Waals surface area contributed by atoms with E-state index in [1.807, 2.05) is 32.5 Å². The fraction of sp³-hybridized carbons (Fsp3) is 0.944. The summed E-state index contributed by atoms with van der Waals surface area (Å²) in [5.74, 6) is 2.19. The van der Waals surface area contributed by atoms with Crippen molar-refractivity contribution in [2.24, 2.45) is 11.1 Å². The van der Waals surface area contributed by atoms with Gasteiger partial charge in [-0.05, 0) is 19.1 Å². The number of morpholine rings is 1. The molecule has 144 valence electrons. The predicted octanol–water partition coefficient (Wildman–Crippen LogP) is 0.843. The molecule has 0 bridgehead atoms. The van der Waals surface area contributed by atoms with Crippen LogP contribution in [0.4, 0.5) is 0 Å². The molecular weight excluding hydrogens is 338 g/mol. The molecule has 6 nitrogen and oxygen atoms in total. The standard InChI is InChI=1S/C18H33N3O3S/c1-4-24-14-11-18(19,16(14,2)3)15(22)20-12-17(5-10-25-13-17)21-6-8-23-9-7-21/h14H,4-13,19H2,1-3H3,(H,20,22). The third kappa shape index (κ3) is 3.34. The first kappa shape index (κ1) is 19.4. The average Bonchev–Trinajstić information content (AvgIpc) is 3.10. The number of nitrogens with one attached hydrogen (secondary N) is 1. The van der Waals surface area contributed by atoms with Crippen molar-refractivity contribution in [3.05, 3.63) is 0 Å². The maximum absolute atomic E-state index is 13.0. The summed E-state index contributed by atoms with van der Waals surface area (Å²) in [6.07, 6.45) is 1.77. The molecule has 3 rings (SSSR count). The average molecular weight is 372 g/mol. The van der Waals surface area contributed by atoms with E-state index in [0.717, 1.165) is 44.2 Å². The third-order valence-electron chi connectivity index (χ3n) is 6.58. The highest BCUT2D eigenvalue weighted by Gasteiger charge is 2.63. The van der Waals surface area contributed by atoms with Gasteiger partial charge in [0, 0.05) is 49.4 Å². The van der Waals surface area contributed by atoms with Crippen molar-refractivity contribution in [3.8, 4) is 0 Å². The number of rotatable bonds is 6. The lowest BCUT2D eigenvalue weighted by Crippen LogP contribution is -2.76. The summed E-state index contributed by atoms with van der Waals surface area (Å²) in [6.45, 7) is 10.9. The molecule has 1 aliphatic carbocycles. The van der Waals surface area contributed by atoms with E-state index in [1.165, 1.54) is 0 Å². The number of nitrogens with two attached hydrogens (primary N) is 1. The molecule has 0 radical (unpaired) electrons. The summed E-state index contributed by atoms with van der Waals surface area (Å²) in [7, 11) is 0. The second-order valence-corrected chi connectivity index (χ2v) is 9.26. The molecule has 2 saturated heterocycles. The number of carbonyl (C=O) groups is 1. The van der Waals surface area contributed by atoms with E-state index in [2.05, 4.69) is 10.2 Å². The topological polar surface area (TPSA) is 76.8 Å². The number of thioether (sulfide) groups is 1. The van der Waals surface area contributed by atoms with Crippen LogP contribution in [0.5, 0.6) is 0 Å². The van der Waals surface area contributed by atoms with Gasteiger partial charge in [-0.3, -0.25) is 9.69 Å². The smallest absolute Gasteiger partial charge is 0.240 e. The van der Waals surface area contributed by atoms with Gasteiger partial charge in [-0.1, -0.05) is 13.8 Å². The third-order valence-corrected chi connectivity index (χ3v) is 7.81. The van der Waals surface area contributed by atoms with Crippen LogP contribution in [0, 0.1) is 5.41 Å². The van der Waals surface area contributed by atoms with Gasteiger partial charge >= 0.3 is 0 Å². The van der Waals surface area contributed by atoms with E-state index in [9.17, 15) is 4.79 Å². The van der Waals surface area contributed by atoms with E-state index < -0.39 is 5.54 Å². The Morgan fingerprint density at radius 1 is 1.40 bits per heavy atom. The molecule has 1 amide bonds. The van der Waals surface area contributed by atoms with Gasteiger partial charge in [-0.2, -0.15) is 11.8 Å². The second-order valence-electron chi connectivity index (χ2n) is 8.15. The highest BCUT2D eigenvalue weighted by molar-refractivity contribution is 7.99. The summed E-state index contributed by atoms with van der Waals surface area (Å²) >= 11 is 1.98. The van der Waals surface area contributed by atoms with Crippen LogP contribution in [0.15, 0.2) is 0 Å². The van der Waals surface area contributed by atoms with Crippen molar-refractivity contribution in [1.82, 2.24) is 10.2 Å². The van der Waals surface area contributed by atoms with Gasteiger partial charge in [-0.25, -0.2) is 0 Å². The molecule has 3 atom stereocenters. The number of carbonyl (C=O) groups excluding carboxylic acids is 1. The maximum Gasteiger partial charge on any atom is 0.240 e. The number of ether oxygens (including phenoxy) is 2. The van der Waals surface area contributed by atoms with Crippen molar-refractivity contribution in [1.29, 1.82) is 0 Å². The van der Waals surface area contributed by atoms with Crippen LogP contribution in [0.2, 0.25) is 0 Å². The van der Waals surface area contributed by atoms with Crippen molar-refractivity contribution in [2.75, 3.05) is 51.0 Å². The molecule has 0 aromatic rings. The van der Waals surface area contributed by atoms with Crippen LogP contribution < -0.4 is 11.1 Å². The minimum atomic E-state index is -0.842. The number of hydrogen-bond donors (Lipinski definition) is 2. The lowest BCUT2D eigenvalue weighted by atomic mass is 9.54. The van der Waals surface area contributed by atoms with Crippen LogP contribution in [0.25, 0.3) is 0 Å². The molecular formula is C18H33N3O3S. The van der Waals surface area contributed by atoms with Gasteiger partial charge in [0.05, 0.1) is 19.3 Å². The first-order chi connectivity index (χ1) is 11.9. The highest BCUT2D eigenvalue weighted by Crippen LogP contribution is 2.50. The Morgan fingerprint density at radius 2 is 2.12 bits per heavy atom. The van der Waals surface area contributed by atoms with Crippen molar-refractivity contribution in [2.45, 2.75) is 50.8 Å². The summed E-state index contributed by atoms with van der Waals surface area (Å²) in [4.78, 5) is 15.5. The Balaban J connectivity index is 1.62. The molecule has 0 aromatic carbocycles. The largest absolute Gasteiger partial charge is 0.379 e. The Hall–Kier alpha value is -0.340. The van der Waals surface area contributed by atoms with Crippen LogP contribution in [0.1, 0.15) is 33.6 Å². The molecule has 3 fully saturated rings. The lowest BCUT2D eigenvalue weighted by Gasteiger charge is -2.57. The normalized spacial score (nSPS) is 38.3. The second kappa shape index (κ2) is 7.35. The summed E-state index contributed by atoms with van der Waals surface area (Å²) < 4.78 is 11.2. The molecule has 7 heteroatoms. The van der Waals surface area contributed by atoms with Crippen LogP contribution in [-0.4, -0.2) is 78.9 Å². The number of nitrogens with zero attached hydrogens (tertiary/aromatic N) is 1. The zero-order valence-electron chi connectivity index (χ0n) is 15.8. The minimum Gasteiger partial charge on any atom is -0.379 e. The SMILES string of the molecule is CCOC1CC(N)(C(=O)NCC2(N3CCOCC3)CCSC2)C1(C)C. The number of hydrogen-bond acceptors (Lipinski definition) is 6. The maximum atomic E-state index is 13.0. The minimum absolute atomic E-state index is 0.0296. The lowest BCUT2D eigenvalue weighted by molar-refractivity contribution is -0.171. The molecule has 3 N–H and O–H groups in total. The number of amides is 1. The van der Waals surface area contributed by atoms with Gasteiger partial charge < -0.3 is 20.5 Å². The van der Waals surface area contributed by atoms with Crippen LogP contribution in [-0.2, 0) is 14.3 Å². The summed E-state index contributed by atoms with van der Waals surface area (Å²) in [6, 6.07) is 0. The van der Waals surface area contributed by atoms with E-state index >= 15 is 0 Å². The van der Waals surface area contributed by atoms with E-state index in [4.69, 9.17) is 15.2 Å². The van der Waals surface area contributed by atoms with Gasteiger partial charge in [-0.15, -0.1) is 0 Å². The van der Waals surface area contributed by atoms with E-state index in [0.29, 0.717) is 19.6 Å². The van der Waals surface area contributed by atoms with Crippen molar-refractivity contribution >= 4 is 17.7 Å². The molecule has 1 saturated carbocycles. The highest BCUT2D eigenvalue weighted by atomic mass is 32.2. The van der Waals surface area contributed by atoms with E-state index in [-0.39, 0.29) is 23.0 Å². The van der Waals surface area contributed by atoms with Crippen molar-refractivity contribution in [3.63, 3.8) is 0 Å². The zero-order chi connectivity index (χ0) is 18.1. The fourth-order valence-corrected chi connectivity index (χ4v) is 5.84. The zero-order valence-corrected chi connectivity index (χ0v) is 16.6. The quantitative estimate of drug-likeness (QED) is 0.721. The summed E-state index contributed by atoms with van der Waals surface area (Å²) in [5.41, 5.74) is 5.38. The van der Waals surface area contributed by atoms with Crippen molar-refractivity contribution < 1.29 is 14.3 Å². The molecule has 3 aliphatic rings. The molecule has 0 aromatic heterocycles. The van der Waals surface area contributed by atoms with Gasteiger partial charge in [0.25, 0.3) is 0 Å². The Kier molecular flexibility index (Phi) is 5.71. The molecule has 3 unspecified atom stereocenters. The molecule has 25 heavy (non-hydrogen) atoms. The first-order valence-electron chi connectivity index (χ1n) is 9.45. The Labute approximate surface area is 155 Å². The predicted molar refractivity (Wildman–Crippen MR) is 101 cm³/mol. The molecule has 2 aliphatic heterocycles. The monoisotopic (exact) mass is 371 g/mol. The summed E-state index contributed by atoms with van der Waals surface area (Å²) in [5, 5.41) is 3.21.